The van der Waals surface area contributed by atoms with Crippen molar-refractivity contribution in [2.75, 3.05) is 18.5 Å². The van der Waals surface area contributed by atoms with Crippen LogP contribution in [0, 0.1) is 6.92 Å². The van der Waals surface area contributed by atoms with Gasteiger partial charge in [0.25, 0.3) is 5.91 Å². The van der Waals surface area contributed by atoms with E-state index in [2.05, 4.69) is 15.8 Å². The number of anilines is 1. The first-order valence-electron chi connectivity index (χ1n) is 11.3. The standard InChI is InChI=1S/C26H25N3O5/c1-16-24-19(28-29-23(30)14-17-6-3-2-4-7-17)8-5-9-21(24)34-25(16)26(31)27-18-10-11-20-22(15-18)33-13-12-32-20/h2-4,6-7,10-11,15H,5,8-9,12-14H2,1H3,(H,27,31)(H,29,30)/b28-19+. The summed E-state index contributed by atoms with van der Waals surface area (Å²) in [6, 6.07) is 14.8. The summed E-state index contributed by atoms with van der Waals surface area (Å²) in [5.41, 5.74) is 6.40. The second-order valence-corrected chi connectivity index (χ2v) is 8.28. The van der Waals surface area contributed by atoms with E-state index < -0.39 is 0 Å². The molecule has 0 fully saturated rings. The molecule has 3 aromatic rings. The van der Waals surface area contributed by atoms with E-state index in [0.29, 0.717) is 54.6 Å². The molecule has 174 valence electrons. The van der Waals surface area contributed by atoms with Crippen LogP contribution >= 0.6 is 0 Å². The molecule has 2 heterocycles. The maximum Gasteiger partial charge on any atom is 0.291 e. The van der Waals surface area contributed by atoms with E-state index in [1.54, 1.807) is 18.2 Å². The number of nitrogens with one attached hydrogen (secondary N) is 2. The fraction of sp³-hybridized carbons (Fsp3) is 0.269. The average Bonchev–Trinajstić information content (AvgIpc) is 3.20. The third-order valence-electron chi connectivity index (χ3n) is 5.86. The predicted molar refractivity (Wildman–Crippen MR) is 127 cm³/mol. The van der Waals surface area contributed by atoms with Crippen LogP contribution in [0.1, 0.15) is 45.8 Å². The van der Waals surface area contributed by atoms with E-state index in [0.717, 1.165) is 23.3 Å². The minimum Gasteiger partial charge on any atom is -0.486 e. The second kappa shape index (κ2) is 9.43. The zero-order valence-electron chi connectivity index (χ0n) is 18.8. The molecule has 8 nitrogen and oxygen atoms in total. The van der Waals surface area contributed by atoms with Gasteiger partial charge in [-0.2, -0.15) is 5.10 Å². The first-order valence-corrected chi connectivity index (χ1v) is 11.3. The number of benzene rings is 2. The molecule has 0 radical (unpaired) electrons. The van der Waals surface area contributed by atoms with Crippen LogP contribution < -0.4 is 20.2 Å². The Bertz CT molecular complexity index is 1260. The first kappa shape index (κ1) is 21.8. The Morgan fingerprint density at radius 3 is 2.62 bits per heavy atom. The fourth-order valence-electron chi connectivity index (χ4n) is 4.26. The number of carbonyl (C=O) groups is 2. The lowest BCUT2D eigenvalue weighted by Crippen LogP contribution is -2.23. The molecule has 2 amide bonds. The Morgan fingerprint density at radius 1 is 1.00 bits per heavy atom. The Labute approximate surface area is 196 Å². The molecule has 2 N–H and O–H groups in total. The number of hydrogen-bond donors (Lipinski definition) is 2. The number of amides is 2. The number of hydrazone groups is 1. The van der Waals surface area contributed by atoms with Crippen LogP contribution in [0.25, 0.3) is 0 Å². The Balaban J connectivity index is 1.32. The SMILES string of the molecule is Cc1c(C(=O)Nc2ccc3c(c2)OCCO3)oc2c1/C(=N/NC(=O)Cc1ccccc1)CCC2. The number of hydrogen-bond acceptors (Lipinski definition) is 6. The maximum absolute atomic E-state index is 13.0. The molecule has 2 aromatic carbocycles. The molecule has 34 heavy (non-hydrogen) atoms. The van der Waals surface area contributed by atoms with Gasteiger partial charge in [-0.3, -0.25) is 9.59 Å². The van der Waals surface area contributed by atoms with Crippen molar-refractivity contribution in [3.05, 3.63) is 76.7 Å². The lowest BCUT2D eigenvalue weighted by atomic mass is 9.93. The van der Waals surface area contributed by atoms with E-state index >= 15 is 0 Å². The van der Waals surface area contributed by atoms with Gasteiger partial charge < -0.3 is 19.2 Å². The highest BCUT2D eigenvalue weighted by molar-refractivity contribution is 6.09. The quantitative estimate of drug-likeness (QED) is 0.562. The summed E-state index contributed by atoms with van der Waals surface area (Å²) in [7, 11) is 0. The van der Waals surface area contributed by atoms with Crippen LogP contribution in [0.15, 0.2) is 58.0 Å². The smallest absolute Gasteiger partial charge is 0.291 e. The number of aryl methyl sites for hydroxylation is 1. The summed E-state index contributed by atoms with van der Waals surface area (Å²) >= 11 is 0. The number of carbonyl (C=O) groups excluding carboxylic acids is 2. The van der Waals surface area contributed by atoms with E-state index in [1.807, 2.05) is 37.3 Å². The average molecular weight is 460 g/mol. The molecule has 1 aliphatic carbocycles. The van der Waals surface area contributed by atoms with Crippen molar-refractivity contribution in [2.24, 2.45) is 5.10 Å². The number of fused-ring (bicyclic) bond motifs is 2. The third-order valence-corrected chi connectivity index (χ3v) is 5.86. The molecule has 0 bridgehead atoms. The second-order valence-electron chi connectivity index (χ2n) is 8.28. The predicted octanol–water partition coefficient (Wildman–Crippen LogP) is 4.01. The molecule has 0 saturated carbocycles. The molecular weight excluding hydrogens is 434 g/mol. The maximum atomic E-state index is 13.0. The van der Waals surface area contributed by atoms with Gasteiger partial charge in [0.05, 0.1) is 12.1 Å². The van der Waals surface area contributed by atoms with Crippen molar-refractivity contribution in [2.45, 2.75) is 32.6 Å². The highest BCUT2D eigenvalue weighted by Gasteiger charge is 2.28. The van der Waals surface area contributed by atoms with Crippen LogP contribution in [0.5, 0.6) is 11.5 Å². The van der Waals surface area contributed by atoms with Gasteiger partial charge in [-0.25, -0.2) is 5.43 Å². The zero-order chi connectivity index (χ0) is 23.5. The molecule has 0 unspecified atom stereocenters. The number of ether oxygens (including phenoxy) is 2. The van der Waals surface area contributed by atoms with Crippen molar-refractivity contribution in [3.63, 3.8) is 0 Å². The summed E-state index contributed by atoms with van der Waals surface area (Å²) in [5.74, 6) is 1.67. The van der Waals surface area contributed by atoms with E-state index in [9.17, 15) is 9.59 Å². The molecular formula is C26H25N3O5. The van der Waals surface area contributed by atoms with Gasteiger partial charge in [0, 0.05) is 29.3 Å². The van der Waals surface area contributed by atoms with Gasteiger partial charge in [-0.1, -0.05) is 30.3 Å². The first-order chi connectivity index (χ1) is 16.6. The van der Waals surface area contributed by atoms with Crippen molar-refractivity contribution in [1.82, 2.24) is 5.43 Å². The lowest BCUT2D eigenvalue weighted by Gasteiger charge is -2.18. The molecule has 0 saturated heterocycles. The van der Waals surface area contributed by atoms with Crippen molar-refractivity contribution in [1.29, 1.82) is 0 Å². The summed E-state index contributed by atoms with van der Waals surface area (Å²) in [4.78, 5) is 25.4. The van der Waals surface area contributed by atoms with Gasteiger partial charge in [0.15, 0.2) is 17.3 Å². The Kier molecular flexibility index (Phi) is 6.03. The molecule has 0 spiro atoms. The summed E-state index contributed by atoms with van der Waals surface area (Å²) in [5, 5.41) is 7.25. The van der Waals surface area contributed by atoms with E-state index in [4.69, 9.17) is 13.9 Å². The van der Waals surface area contributed by atoms with Gasteiger partial charge in [-0.15, -0.1) is 0 Å². The highest BCUT2D eigenvalue weighted by Crippen LogP contribution is 2.34. The van der Waals surface area contributed by atoms with E-state index in [1.165, 1.54) is 0 Å². The van der Waals surface area contributed by atoms with Gasteiger partial charge >= 0.3 is 0 Å². The number of nitrogens with zero attached hydrogens (tertiary/aromatic N) is 1. The summed E-state index contributed by atoms with van der Waals surface area (Å²) in [6.07, 6.45) is 2.49. The third kappa shape index (κ3) is 4.52. The van der Waals surface area contributed by atoms with Crippen molar-refractivity contribution >= 4 is 23.2 Å². The molecule has 0 atom stereocenters. The molecule has 1 aliphatic heterocycles. The monoisotopic (exact) mass is 459 g/mol. The Hall–Kier alpha value is -4.07. The molecule has 5 rings (SSSR count). The number of rotatable bonds is 5. The fourth-order valence-corrected chi connectivity index (χ4v) is 4.26. The van der Waals surface area contributed by atoms with Crippen molar-refractivity contribution in [3.8, 4) is 11.5 Å². The molecule has 2 aliphatic rings. The zero-order valence-corrected chi connectivity index (χ0v) is 18.8. The van der Waals surface area contributed by atoms with Crippen LogP contribution in [0.4, 0.5) is 5.69 Å². The number of furan rings is 1. The molecule has 8 heteroatoms. The van der Waals surface area contributed by atoms with E-state index in [-0.39, 0.29) is 24.0 Å². The molecule has 1 aromatic heterocycles. The van der Waals surface area contributed by atoms with Crippen LogP contribution in [-0.2, 0) is 17.6 Å². The Morgan fingerprint density at radius 2 is 1.79 bits per heavy atom. The van der Waals surface area contributed by atoms with Gasteiger partial charge in [-0.05, 0) is 37.5 Å². The van der Waals surface area contributed by atoms with Crippen LogP contribution in [-0.4, -0.2) is 30.7 Å². The summed E-state index contributed by atoms with van der Waals surface area (Å²) < 4.78 is 17.1. The lowest BCUT2D eigenvalue weighted by molar-refractivity contribution is -0.120. The summed E-state index contributed by atoms with van der Waals surface area (Å²) in [6.45, 7) is 2.82. The van der Waals surface area contributed by atoms with Gasteiger partial charge in [0.2, 0.25) is 5.91 Å². The van der Waals surface area contributed by atoms with Gasteiger partial charge in [0.1, 0.15) is 19.0 Å². The normalized spacial score (nSPS) is 15.5. The van der Waals surface area contributed by atoms with Crippen molar-refractivity contribution < 1.29 is 23.5 Å². The topological polar surface area (TPSA) is 102 Å². The largest absolute Gasteiger partial charge is 0.486 e. The minimum atomic E-state index is -0.351. The minimum absolute atomic E-state index is 0.191. The van der Waals surface area contributed by atoms with Crippen LogP contribution in [0.2, 0.25) is 0 Å². The highest BCUT2D eigenvalue weighted by atomic mass is 16.6. The van der Waals surface area contributed by atoms with Crippen LogP contribution in [0.3, 0.4) is 0 Å².